The summed E-state index contributed by atoms with van der Waals surface area (Å²) in [5, 5.41) is 43.1. The average Bonchev–Trinajstić information content (AvgIpc) is 2.77. The van der Waals surface area contributed by atoms with Gasteiger partial charge >= 0.3 is 18.0 Å². The van der Waals surface area contributed by atoms with Crippen molar-refractivity contribution in [2.24, 2.45) is 5.73 Å². The van der Waals surface area contributed by atoms with E-state index in [0.717, 1.165) is 0 Å². The lowest BCUT2D eigenvalue weighted by molar-refractivity contribution is -0.139. The number of aliphatic hydroxyl groups excluding tert-OH is 1. The lowest BCUT2D eigenvalue weighted by atomic mass is 10.1. The fraction of sp³-hybridized carbons (Fsp3) is 0.789. The van der Waals surface area contributed by atoms with Crippen molar-refractivity contribution in [3.63, 3.8) is 0 Å². The molecule has 0 rings (SSSR count). The van der Waals surface area contributed by atoms with E-state index in [1.54, 1.807) is 0 Å². The smallest absolute Gasteiger partial charge is 0.326 e. The predicted octanol–water partition coefficient (Wildman–Crippen LogP) is -2.81. The fourth-order valence-corrected chi connectivity index (χ4v) is 2.45. The molecule has 0 spiro atoms. The van der Waals surface area contributed by atoms with Crippen LogP contribution in [0.4, 0.5) is 4.79 Å². The number of nitrogens with one attached hydrogen (secondary N) is 3. The number of hydrogen-bond donors (Lipinski definition) is 8. The molecule has 0 fully saturated rings. The lowest BCUT2D eigenvalue weighted by Gasteiger charge is -2.22. The highest BCUT2D eigenvalue weighted by Crippen LogP contribution is 2.03. The zero-order chi connectivity index (χ0) is 25.8. The zero-order valence-electron chi connectivity index (χ0n) is 18.9. The Kier molecular flexibility index (Phi) is 18.4. The molecule has 0 radical (unpaired) electrons. The van der Waals surface area contributed by atoms with E-state index in [0.29, 0.717) is 39.6 Å². The predicted molar refractivity (Wildman–Crippen MR) is 116 cm³/mol. The highest BCUT2D eigenvalue weighted by molar-refractivity contribution is 5.83. The minimum Gasteiger partial charge on any atom is -0.481 e. The molecule has 0 saturated heterocycles. The fourth-order valence-electron chi connectivity index (χ4n) is 2.45. The number of aliphatic carboxylic acids is 2. The maximum absolute atomic E-state index is 12.0. The first-order valence-electron chi connectivity index (χ1n) is 10.7. The number of carbonyl (C=O) groups is 4. The molecule has 9 N–H and O–H groups in total. The van der Waals surface area contributed by atoms with E-state index in [9.17, 15) is 34.5 Å². The molecule has 0 saturated carbocycles. The van der Waals surface area contributed by atoms with Gasteiger partial charge in [0.25, 0.3) is 0 Å². The van der Waals surface area contributed by atoms with Gasteiger partial charge in [0.2, 0.25) is 5.91 Å². The van der Waals surface area contributed by atoms with Gasteiger partial charge in [0.05, 0.1) is 45.7 Å². The van der Waals surface area contributed by atoms with Crippen LogP contribution in [0.5, 0.6) is 0 Å². The standard InChI is InChI=1S/C19H36N4O11/c20-5-7-32-9-11-34-12-10-33-8-6-21-15(24)3-1-13(17(27)28)22-19(31)23-14(18(29)30)2-4-16(25)26/h13-14,18,29-30H,1-12,20H2,(H,21,24)(H,25,26)(H,27,28)(H2,22,23,31). The summed E-state index contributed by atoms with van der Waals surface area (Å²) in [7, 11) is 0. The van der Waals surface area contributed by atoms with E-state index in [-0.39, 0.29) is 32.4 Å². The quantitative estimate of drug-likeness (QED) is 0.0593. The third kappa shape index (κ3) is 17.9. The first-order chi connectivity index (χ1) is 16.2. The summed E-state index contributed by atoms with van der Waals surface area (Å²) in [6.07, 6.45) is -3.18. The van der Waals surface area contributed by atoms with Gasteiger partial charge in [0.1, 0.15) is 6.04 Å². The molecule has 0 bridgehead atoms. The summed E-state index contributed by atoms with van der Waals surface area (Å²) >= 11 is 0. The van der Waals surface area contributed by atoms with Gasteiger partial charge in [-0.1, -0.05) is 0 Å². The lowest BCUT2D eigenvalue weighted by Crippen LogP contribution is -2.52. The Morgan fingerprint density at radius 2 is 1.38 bits per heavy atom. The number of ether oxygens (including phenoxy) is 3. The van der Waals surface area contributed by atoms with Crippen LogP contribution in [0.15, 0.2) is 0 Å². The molecule has 0 aliphatic heterocycles. The summed E-state index contributed by atoms with van der Waals surface area (Å²) in [6, 6.07) is -3.79. The van der Waals surface area contributed by atoms with Crippen LogP contribution in [0.2, 0.25) is 0 Å². The number of rotatable bonds is 21. The molecule has 198 valence electrons. The van der Waals surface area contributed by atoms with Gasteiger partial charge in [-0.15, -0.1) is 0 Å². The van der Waals surface area contributed by atoms with Gasteiger partial charge in [-0.2, -0.15) is 0 Å². The number of carbonyl (C=O) groups excluding carboxylic acids is 2. The van der Waals surface area contributed by atoms with Crippen LogP contribution >= 0.6 is 0 Å². The second-order valence-electron chi connectivity index (χ2n) is 6.98. The second-order valence-corrected chi connectivity index (χ2v) is 6.98. The maximum Gasteiger partial charge on any atom is 0.326 e. The molecule has 2 atom stereocenters. The molecule has 0 heterocycles. The largest absolute Gasteiger partial charge is 0.481 e. The molecule has 15 heteroatoms. The molecule has 0 aliphatic rings. The van der Waals surface area contributed by atoms with Crippen molar-refractivity contribution in [2.45, 2.75) is 44.1 Å². The van der Waals surface area contributed by atoms with E-state index >= 15 is 0 Å². The number of hydrogen-bond acceptors (Lipinski definition) is 10. The monoisotopic (exact) mass is 496 g/mol. The van der Waals surface area contributed by atoms with Crippen molar-refractivity contribution in [1.29, 1.82) is 0 Å². The van der Waals surface area contributed by atoms with Crippen molar-refractivity contribution in [3.05, 3.63) is 0 Å². The Labute approximate surface area is 196 Å². The van der Waals surface area contributed by atoms with Crippen molar-refractivity contribution in [3.8, 4) is 0 Å². The number of carboxylic acid groups (broad SMARTS) is 2. The molecule has 0 aromatic rings. The number of nitrogens with two attached hydrogens (primary N) is 1. The molecule has 0 aromatic heterocycles. The van der Waals surface area contributed by atoms with E-state index in [1.807, 2.05) is 0 Å². The molecule has 15 nitrogen and oxygen atoms in total. The SMILES string of the molecule is NCCOCCOCCOCCNC(=O)CCC(NC(=O)NC(CCC(=O)O)C(O)O)C(=O)O. The van der Waals surface area contributed by atoms with Crippen molar-refractivity contribution >= 4 is 23.9 Å². The van der Waals surface area contributed by atoms with Gasteiger partial charge in [0, 0.05) is 25.9 Å². The van der Waals surface area contributed by atoms with Crippen LogP contribution in [-0.4, -0.2) is 115 Å². The van der Waals surface area contributed by atoms with Gasteiger partial charge in [-0.05, 0) is 12.8 Å². The Morgan fingerprint density at radius 3 is 1.91 bits per heavy atom. The van der Waals surface area contributed by atoms with Gasteiger partial charge in [-0.3, -0.25) is 9.59 Å². The Hall–Kier alpha value is -2.56. The van der Waals surface area contributed by atoms with E-state index in [1.165, 1.54) is 0 Å². The van der Waals surface area contributed by atoms with Crippen molar-refractivity contribution in [1.82, 2.24) is 16.0 Å². The number of aliphatic hydroxyl groups is 2. The van der Waals surface area contributed by atoms with Crippen LogP contribution in [0, 0.1) is 0 Å². The van der Waals surface area contributed by atoms with Crippen LogP contribution < -0.4 is 21.7 Å². The normalized spacial score (nSPS) is 12.7. The van der Waals surface area contributed by atoms with Crippen LogP contribution in [0.25, 0.3) is 0 Å². The minimum atomic E-state index is -2.04. The van der Waals surface area contributed by atoms with Crippen molar-refractivity contribution in [2.75, 3.05) is 52.7 Å². The summed E-state index contributed by atoms with van der Waals surface area (Å²) in [6.45, 7) is 2.88. The molecular weight excluding hydrogens is 460 g/mol. The summed E-state index contributed by atoms with van der Waals surface area (Å²) < 4.78 is 15.7. The molecule has 0 aromatic carbocycles. The van der Waals surface area contributed by atoms with Gasteiger partial charge in [-0.25, -0.2) is 9.59 Å². The second kappa shape index (κ2) is 19.9. The highest BCUT2D eigenvalue weighted by atomic mass is 16.5. The van der Waals surface area contributed by atoms with Gasteiger partial charge < -0.3 is 56.3 Å². The van der Waals surface area contributed by atoms with E-state index in [4.69, 9.17) is 25.1 Å². The Balaban J connectivity index is 4.08. The zero-order valence-corrected chi connectivity index (χ0v) is 18.9. The minimum absolute atomic E-state index is 0.198. The van der Waals surface area contributed by atoms with E-state index in [2.05, 4.69) is 16.0 Å². The summed E-state index contributed by atoms with van der Waals surface area (Å²) in [5.74, 6) is -3.05. The topological polar surface area (TPSA) is 239 Å². The van der Waals surface area contributed by atoms with Crippen LogP contribution in [0.1, 0.15) is 25.7 Å². The molecule has 2 unspecified atom stereocenters. The maximum atomic E-state index is 12.0. The van der Waals surface area contributed by atoms with Crippen LogP contribution in [0.3, 0.4) is 0 Å². The Bertz CT molecular complexity index is 607. The summed E-state index contributed by atoms with van der Waals surface area (Å²) in [4.78, 5) is 45.8. The molecule has 34 heavy (non-hydrogen) atoms. The van der Waals surface area contributed by atoms with Crippen molar-refractivity contribution < 1.29 is 53.8 Å². The van der Waals surface area contributed by atoms with Gasteiger partial charge in [0.15, 0.2) is 6.29 Å². The third-order valence-corrected chi connectivity index (χ3v) is 4.18. The first-order valence-corrected chi connectivity index (χ1v) is 10.7. The average molecular weight is 497 g/mol. The molecule has 0 aliphatic carbocycles. The van der Waals surface area contributed by atoms with Crippen LogP contribution in [-0.2, 0) is 28.6 Å². The molecular formula is C19H36N4O11. The van der Waals surface area contributed by atoms with E-state index < -0.39 is 48.7 Å². The number of amides is 3. The number of carboxylic acids is 2. The highest BCUT2D eigenvalue weighted by Gasteiger charge is 2.25. The molecule has 3 amide bonds. The first kappa shape index (κ1) is 31.4. The third-order valence-electron chi connectivity index (χ3n) is 4.18. The number of urea groups is 1. The summed E-state index contributed by atoms with van der Waals surface area (Å²) in [5.41, 5.74) is 5.27. The Morgan fingerprint density at radius 1 is 0.794 bits per heavy atom.